The van der Waals surface area contributed by atoms with Crippen LogP contribution >= 0.6 is 22.9 Å². The second-order valence-electron chi connectivity index (χ2n) is 4.18. The Labute approximate surface area is 129 Å². The van der Waals surface area contributed by atoms with Gasteiger partial charge in [-0.15, -0.1) is 11.3 Å². The third-order valence-corrected chi connectivity index (χ3v) is 5.27. The molecule has 0 amide bonds. The summed E-state index contributed by atoms with van der Waals surface area (Å²) in [6.45, 7) is 1.79. The number of hydrogen-bond donors (Lipinski definition) is 1. The van der Waals surface area contributed by atoms with Gasteiger partial charge in [0.25, 0.3) is 10.0 Å². The van der Waals surface area contributed by atoms with Crippen molar-refractivity contribution in [2.45, 2.75) is 18.5 Å². The van der Waals surface area contributed by atoms with Crippen LogP contribution in [-0.2, 0) is 16.6 Å². The van der Waals surface area contributed by atoms with E-state index in [1.54, 1.807) is 30.8 Å². The summed E-state index contributed by atoms with van der Waals surface area (Å²) < 4.78 is 28.7. The molecule has 0 saturated heterocycles. The molecular formula is C11H10ClN5O2S2. The molecule has 0 spiro atoms. The van der Waals surface area contributed by atoms with E-state index in [2.05, 4.69) is 19.7 Å². The summed E-state index contributed by atoms with van der Waals surface area (Å²) >= 11 is 7.24. The molecule has 0 atom stereocenters. The van der Waals surface area contributed by atoms with E-state index in [9.17, 15) is 8.42 Å². The van der Waals surface area contributed by atoms with Crippen molar-refractivity contribution in [3.8, 4) is 0 Å². The predicted molar refractivity (Wildman–Crippen MR) is 78.9 cm³/mol. The Balaban J connectivity index is 1.90. The van der Waals surface area contributed by atoms with E-state index in [1.807, 2.05) is 0 Å². The summed E-state index contributed by atoms with van der Waals surface area (Å²) in [7, 11) is -3.79. The number of sulfonamides is 1. The lowest BCUT2D eigenvalue weighted by molar-refractivity contribution is 0.575. The van der Waals surface area contributed by atoms with Gasteiger partial charge in [-0.1, -0.05) is 11.6 Å². The summed E-state index contributed by atoms with van der Waals surface area (Å²) in [6.07, 6.45) is 3.19. The van der Waals surface area contributed by atoms with Gasteiger partial charge in [0.15, 0.2) is 15.1 Å². The normalized spacial score (nSPS) is 12.1. The zero-order chi connectivity index (χ0) is 15.0. The van der Waals surface area contributed by atoms with E-state index < -0.39 is 10.0 Å². The molecule has 110 valence electrons. The maximum atomic E-state index is 12.4. The predicted octanol–water partition coefficient (Wildman–Crippen LogP) is 1.63. The molecule has 21 heavy (non-hydrogen) atoms. The molecule has 3 rings (SSSR count). The average Bonchev–Trinajstić information content (AvgIpc) is 2.96. The molecule has 3 aromatic rings. The average molecular weight is 344 g/mol. The molecule has 0 fully saturated rings. The van der Waals surface area contributed by atoms with Crippen molar-refractivity contribution in [3.05, 3.63) is 40.5 Å². The number of nitrogens with one attached hydrogen (secondary N) is 1. The minimum atomic E-state index is -3.79. The summed E-state index contributed by atoms with van der Waals surface area (Å²) in [5.41, 5.74) is 0.577. The lowest BCUT2D eigenvalue weighted by atomic mass is 10.4. The van der Waals surface area contributed by atoms with Gasteiger partial charge in [0, 0.05) is 17.8 Å². The first kappa shape index (κ1) is 14.4. The highest BCUT2D eigenvalue weighted by Crippen LogP contribution is 2.25. The lowest BCUT2D eigenvalue weighted by Crippen LogP contribution is -2.25. The SMILES string of the molecule is Cc1nccc(CNS(=O)(=O)c2c(Cl)nc3sccn23)n1. The highest BCUT2D eigenvalue weighted by molar-refractivity contribution is 7.89. The quantitative estimate of drug-likeness (QED) is 0.777. The third kappa shape index (κ3) is 2.77. The van der Waals surface area contributed by atoms with Crippen molar-refractivity contribution >= 4 is 37.9 Å². The molecule has 10 heteroatoms. The van der Waals surface area contributed by atoms with Crippen LogP contribution in [0, 0.1) is 6.92 Å². The van der Waals surface area contributed by atoms with Crippen LogP contribution in [0.4, 0.5) is 0 Å². The molecule has 0 aliphatic heterocycles. The van der Waals surface area contributed by atoms with Crippen molar-refractivity contribution in [2.24, 2.45) is 0 Å². The fourth-order valence-electron chi connectivity index (χ4n) is 1.82. The molecule has 3 aromatic heterocycles. The summed E-state index contributed by atoms with van der Waals surface area (Å²) in [6, 6.07) is 1.65. The van der Waals surface area contributed by atoms with Gasteiger partial charge >= 0.3 is 0 Å². The number of thiazole rings is 1. The van der Waals surface area contributed by atoms with Crippen LogP contribution in [0.1, 0.15) is 11.5 Å². The number of aromatic nitrogens is 4. The number of aryl methyl sites for hydroxylation is 1. The van der Waals surface area contributed by atoms with Gasteiger partial charge in [-0.2, -0.15) is 0 Å². The largest absolute Gasteiger partial charge is 0.279 e. The molecule has 7 nitrogen and oxygen atoms in total. The van der Waals surface area contributed by atoms with Crippen LogP contribution in [-0.4, -0.2) is 27.8 Å². The van der Waals surface area contributed by atoms with Gasteiger partial charge in [0.2, 0.25) is 0 Å². The molecule has 3 heterocycles. The fourth-order valence-corrected chi connectivity index (χ4v) is 4.27. The molecule has 0 aliphatic rings. The highest BCUT2D eigenvalue weighted by Gasteiger charge is 2.24. The van der Waals surface area contributed by atoms with Gasteiger partial charge in [0.05, 0.1) is 12.2 Å². The van der Waals surface area contributed by atoms with E-state index in [0.717, 1.165) is 0 Å². The minimum absolute atomic E-state index is 0.0479. The third-order valence-electron chi connectivity index (χ3n) is 2.71. The van der Waals surface area contributed by atoms with Crippen molar-refractivity contribution in [1.82, 2.24) is 24.1 Å². The Hall–Kier alpha value is -1.55. The molecule has 0 bridgehead atoms. The van der Waals surface area contributed by atoms with Crippen molar-refractivity contribution < 1.29 is 8.42 Å². The molecule has 1 N–H and O–H groups in total. The number of hydrogen-bond acceptors (Lipinski definition) is 6. The molecule has 0 radical (unpaired) electrons. The maximum absolute atomic E-state index is 12.4. The van der Waals surface area contributed by atoms with Crippen LogP contribution in [0.25, 0.3) is 4.96 Å². The topological polar surface area (TPSA) is 89.2 Å². The van der Waals surface area contributed by atoms with E-state index in [1.165, 1.54) is 15.7 Å². The number of halogens is 1. The Kier molecular flexibility index (Phi) is 3.66. The van der Waals surface area contributed by atoms with E-state index in [0.29, 0.717) is 16.5 Å². The first-order valence-electron chi connectivity index (χ1n) is 5.86. The smallest absolute Gasteiger partial charge is 0.260 e. The summed E-state index contributed by atoms with van der Waals surface area (Å²) in [5.74, 6) is 0.578. The zero-order valence-corrected chi connectivity index (χ0v) is 13.2. The summed E-state index contributed by atoms with van der Waals surface area (Å²) in [4.78, 5) is 12.6. The van der Waals surface area contributed by atoms with Crippen LogP contribution < -0.4 is 4.72 Å². The number of nitrogens with zero attached hydrogens (tertiary/aromatic N) is 4. The fraction of sp³-hybridized carbons (Fsp3) is 0.182. The number of rotatable bonds is 4. The van der Waals surface area contributed by atoms with Gasteiger partial charge in [-0.3, -0.25) is 4.40 Å². The summed E-state index contributed by atoms with van der Waals surface area (Å²) in [5, 5.41) is 1.63. The number of imidazole rings is 1. The van der Waals surface area contributed by atoms with Crippen molar-refractivity contribution in [1.29, 1.82) is 0 Å². The van der Waals surface area contributed by atoms with Crippen LogP contribution in [0.5, 0.6) is 0 Å². The van der Waals surface area contributed by atoms with Crippen LogP contribution in [0.15, 0.2) is 28.9 Å². The second-order valence-corrected chi connectivity index (χ2v) is 7.10. The van der Waals surface area contributed by atoms with Gasteiger partial charge in [-0.25, -0.2) is 28.1 Å². The molecule has 0 aromatic carbocycles. The van der Waals surface area contributed by atoms with E-state index >= 15 is 0 Å². The first-order chi connectivity index (χ1) is 9.97. The Morgan fingerprint density at radius 2 is 2.24 bits per heavy atom. The molecular weight excluding hydrogens is 334 g/mol. The lowest BCUT2D eigenvalue weighted by Gasteiger charge is -2.06. The molecule has 0 aliphatic carbocycles. The Morgan fingerprint density at radius 1 is 1.43 bits per heavy atom. The van der Waals surface area contributed by atoms with Crippen LogP contribution in [0.3, 0.4) is 0 Å². The Morgan fingerprint density at radius 3 is 3.00 bits per heavy atom. The highest BCUT2D eigenvalue weighted by atomic mass is 35.5. The monoisotopic (exact) mass is 343 g/mol. The van der Waals surface area contributed by atoms with Gasteiger partial charge < -0.3 is 0 Å². The van der Waals surface area contributed by atoms with E-state index in [-0.39, 0.29) is 16.7 Å². The minimum Gasteiger partial charge on any atom is -0.279 e. The zero-order valence-electron chi connectivity index (χ0n) is 10.8. The van der Waals surface area contributed by atoms with Gasteiger partial charge in [-0.05, 0) is 13.0 Å². The molecule has 0 unspecified atom stereocenters. The van der Waals surface area contributed by atoms with Crippen LogP contribution in [0.2, 0.25) is 5.15 Å². The van der Waals surface area contributed by atoms with E-state index in [4.69, 9.17) is 11.6 Å². The second kappa shape index (κ2) is 5.34. The van der Waals surface area contributed by atoms with Crippen molar-refractivity contribution in [3.63, 3.8) is 0 Å². The molecule has 0 saturated carbocycles. The Bertz CT molecular complexity index is 902. The maximum Gasteiger partial charge on any atom is 0.260 e. The first-order valence-corrected chi connectivity index (χ1v) is 8.61. The van der Waals surface area contributed by atoms with Gasteiger partial charge in [0.1, 0.15) is 5.82 Å². The number of fused-ring (bicyclic) bond motifs is 1. The standard InChI is InChI=1S/C11H10ClN5O2S2/c1-7-13-3-2-8(15-7)6-14-21(18,19)10-9(12)16-11-17(10)4-5-20-11/h2-5,14H,6H2,1H3. The van der Waals surface area contributed by atoms with Crippen molar-refractivity contribution in [2.75, 3.05) is 0 Å².